The van der Waals surface area contributed by atoms with E-state index in [2.05, 4.69) is 9.97 Å². The van der Waals surface area contributed by atoms with Crippen LogP contribution in [0.25, 0.3) is 27.5 Å². The number of H-pyrrole nitrogens is 1. The number of nitrogens with one attached hydrogen (secondary N) is 1. The summed E-state index contributed by atoms with van der Waals surface area (Å²) in [6.45, 7) is 2.22. The molecular weight excluding hydrogens is 445 g/mol. The summed E-state index contributed by atoms with van der Waals surface area (Å²) in [5, 5.41) is 1.51. The van der Waals surface area contributed by atoms with Gasteiger partial charge in [0.1, 0.15) is 5.82 Å². The van der Waals surface area contributed by atoms with Gasteiger partial charge >= 0.3 is 0 Å². The Balaban J connectivity index is 1.18. The number of hydrogen-bond acceptors (Lipinski definition) is 4. The fourth-order valence-corrected chi connectivity index (χ4v) is 4.63. The van der Waals surface area contributed by atoms with Crippen molar-refractivity contribution in [2.24, 2.45) is 0 Å². The molecule has 1 amide bonds. The summed E-state index contributed by atoms with van der Waals surface area (Å²) in [4.78, 5) is 36.9. The number of aromatic nitrogens is 3. The first-order chi connectivity index (χ1) is 17.1. The lowest BCUT2D eigenvalue weighted by molar-refractivity contribution is 0.0746. The summed E-state index contributed by atoms with van der Waals surface area (Å²) in [7, 11) is 0. The molecule has 0 spiro atoms. The molecule has 35 heavy (non-hydrogen) atoms. The number of amides is 1. The van der Waals surface area contributed by atoms with Gasteiger partial charge in [-0.3, -0.25) is 14.6 Å². The Morgan fingerprint density at radius 1 is 0.914 bits per heavy atom. The number of carbonyl (C=O) groups excluding carboxylic acids is 1. The maximum atomic E-state index is 13.3. The van der Waals surface area contributed by atoms with E-state index in [0.29, 0.717) is 48.6 Å². The summed E-state index contributed by atoms with van der Waals surface area (Å²) >= 11 is 0. The lowest BCUT2D eigenvalue weighted by Gasteiger charge is -2.35. The third kappa shape index (κ3) is 3.82. The van der Waals surface area contributed by atoms with Crippen LogP contribution in [-0.4, -0.2) is 51.5 Å². The standard InChI is InChI=1S/C27H22FN5O2/c28-20-6-8-21(9-7-20)33-12-11-18-17-19(5-10-24(18)33)26(35)31-13-15-32(16-14-31)27-29-23-4-2-1-3-22(23)25(34)30-27/h1-12,17H,13-16H2,(H,29,30,34). The van der Waals surface area contributed by atoms with Crippen molar-refractivity contribution in [3.8, 4) is 5.69 Å². The van der Waals surface area contributed by atoms with Gasteiger partial charge in [0.15, 0.2) is 0 Å². The predicted octanol–water partition coefficient (Wildman–Crippen LogP) is 3.97. The third-order valence-corrected chi connectivity index (χ3v) is 6.51. The topological polar surface area (TPSA) is 74.2 Å². The Morgan fingerprint density at radius 3 is 2.49 bits per heavy atom. The molecular formula is C27H22FN5O2. The highest BCUT2D eigenvalue weighted by atomic mass is 19.1. The van der Waals surface area contributed by atoms with E-state index in [4.69, 9.17) is 0 Å². The summed E-state index contributed by atoms with van der Waals surface area (Å²) < 4.78 is 15.3. The lowest BCUT2D eigenvalue weighted by atomic mass is 10.1. The molecule has 1 aliphatic rings. The fourth-order valence-electron chi connectivity index (χ4n) is 4.63. The van der Waals surface area contributed by atoms with Crippen LogP contribution in [0.3, 0.4) is 0 Å². The Kier molecular flexibility index (Phi) is 5.06. The molecule has 0 radical (unpaired) electrons. The zero-order chi connectivity index (χ0) is 23.9. The van der Waals surface area contributed by atoms with E-state index in [0.717, 1.165) is 16.6 Å². The summed E-state index contributed by atoms with van der Waals surface area (Å²) in [6.07, 6.45) is 1.92. The van der Waals surface area contributed by atoms with Crippen LogP contribution in [0.4, 0.5) is 10.3 Å². The summed E-state index contributed by atoms with van der Waals surface area (Å²) in [5.74, 6) is 0.228. The number of piperazine rings is 1. The molecule has 1 aliphatic heterocycles. The Labute approximate surface area is 200 Å². The van der Waals surface area contributed by atoms with Crippen LogP contribution in [0, 0.1) is 5.82 Å². The third-order valence-electron chi connectivity index (χ3n) is 6.51. The molecule has 0 atom stereocenters. The average Bonchev–Trinajstić information content (AvgIpc) is 3.32. The van der Waals surface area contributed by atoms with Crippen LogP contribution >= 0.6 is 0 Å². The van der Waals surface area contributed by atoms with Crippen LogP contribution in [-0.2, 0) is 0 Å². The average molecular weight is 468 g/mol. The van der Waals surface area contributed by atoms with Gasteiger partial charge in [-0.25, -0.2) is 9.37 Å². The van der Waals surface area contributed by atoms with Crippen molar-refractivity contribution in [1.29, 1.82) is 0 Å². The molecule has 3 aromatic carbocycles. The number of nitrogens with zero attached hydrogens (tertiary/aromatic N) is 4. The highest BCUT2D eigenvalue weighted by Gasteiger charge is 2.24. The minimum Gasteiger partial charge on any atom is -0.339 e. The zero-order valence-electron chi connectivity index (χ0n) is 18.8. The summed E-state index contributed by atoms with van der Waals surface area (Å²) in [5.41, 5.74) is 2.93. The molecule has 0 unspecified atom stereocenters. The molecule has 0 bridgehead atoms. The van der Waals surface area contributed by atoms with E-state index in [1.54, 1.807) is 18.2 Å². The number of fused-ring (bicyclic) bond motifs is 2. The van der Waals surface area contributed by atoms with Crippen molar-refractivity contribution in [2.45, 2.75) is 0 Å². The number of carbonyl (C=O) groups is 1. The number of halogens is 1. The Hall–Kier alpha value is -4.46. The molecule has 8 heteroatoms. The Bertz CT molecular complexity index is 1610. The SMILES string of the molecule is O=C(c1ccc2c(ccn2-c2ccc(F)cc2)c1)N1CCN(c2nc3ccccc3c(=O)[nH]2)CC1. The smallest absolute Gasteiger partial charge is 0.260 e. The maximum Gasteiger partial charge on any atom is 0.260 e. The molecule has 1 N–H and O–H groups in total. The van der Waals surface area contributed by atoms with Crippen molar-refractivity contribution in [1.82, 2.24) is 19.4 Å². The van der Waals surface area contributed by atoms with Gasteiger partial charge in [-0.05, 0) is 60.7 Å². The van der Waals surface area contributed by atoms with Crippen molar-refractivity contribution in [2.75, 3.05) is 31.1 Å². The molecule has 6 rings (SSSR count). The first kappa shape index (κ1) is 21.1. The minimum absolute atomic E-state index is 0.0268. The van der Waals surface area contributed by atoms with Crippen LogP contribution in [0.15, 0.2) is 83.8 Å². The van der Waals surface area contributed by atoms with Crippen LogP contribution in [0.2, 0.25) is 0 Å². The van der Waals surface area contributed by atoms with Crippen molar-refractivity contribution >= 4 is 33.7 Å². The molecule has 2 aromatic heterocycles. The number of benzene rings is 3. The molecule has 1 fully saturated rings. The second kappa shape index (κ2) is 8.39. The van der Waals surface area contributed by atoms with Crippen molar-refractivity contribution in [3.05, 3.63) is 101 Å². The van der Waals surface area contributed by atoms with E-state index in [-0.39, 0.29) is 17.3 Å². The first-order valence-corrected chi connectivity index (χ1v) is 11.5. The van der Waals surface area contributed by atoms with E-state index >= 15 is 0 Å². The highest BCUT2D eigenvalue weighted by molar-refractivity contribution is 5.98. The molecule has 5 aromatic rings. The van der Waals surface area contributed by atoms with Gasteiger partial charge in [-0.15, -0.1) is 0 Å². The van der Waals surface area contributed by atoms with Crippen LogP contribution < -0.4 is 10.5 Å². The molecule has 3 heterocycles. The molecule has 0 saturated carbocycles. The highest BCUT2D eigenvalue weighted by Crippen LogP contribution is 2.23. The largest absolute Gasteiger partial charge is 0.339 e. The van der Waals surface area contributed by atoms with Crippen LogP contribution in [0.5, 0.6) is 0 Å². The van der Waals surface area contributed by atoms with Gasteiger partial charge in [0.05, 0.1) is 16.4 Å². The van der Waals surface area contributed by atoms with Gasteiger partial charge in [-0.2, -0.15) is 0 Å². The molecule has 7 nitrogen and oxygen atoms in total. The van der Waals surface area contributed by atoms with E-state index < -0.39 is 0 Å². The van der Waals surface area contributed by atoms with Crippen LogP contribution in [0.1, 0.15) is 10.4 Å². The number of rotatable bonds is 3. The second-order valence-corrected chi connectivity index (χ2v) is 8.62. The van der Waals surface area contributed by atoms with E-state index in [1.165, 1.54) is 12.1 Å². The minimum atomic E-state index is -0.277. The van der Waals surface area contributed by atoms with Gasteiger partial charge < -0.3 is 14.4 Å². The first-order valence-electron chi connectivity index (χ1n) is 11.5. The van der Waals surface area contributed by atoms with E-state index in [9.17, 15) is 14.0 Å². The van der Waals surface area contributed by atoms with E-state index in [1.807, 2.05) is 63.0 Å². The number of hydrogen-bond donors (Lipinski definition) is 1. The summed E-state index contributed by atoms with van der Waals surface area (Å²) in [6, 6.07) is 21.2. The molecule has 1 saturated heterocycles. The van der Waals surface area contributed by atoms with Gasteiger partial charge in [0, 0.05) is 49.0 Å². The fraction of sp³-hybridized carbons (Fsp3) is 0.148. The quantitative estimate of drug-likeness (QED) is 0.436. The number of aromatic amines is 1. The maximum absolute atomic E-state index is 13.3. The van der Waals surface area contributed by atoms with Gasteiger partial charge in [0.2, 0.25) is 5.95 Å². The molecule has 174 valence electrons. The van der Waals surface area contributed by atoms with Crippen molar-refractivity contribution in [3.63, 3.8) is 0 Å². The van der Waals surface area contributed by atoms with Gasteiger partial charge in [0.25, 0.3) is 11.5 Å². The number of para-hydroxylation sites is 1. The predicted molar refractivity (Wildman–Crippen MR) is 134 cm³/mol. The second-order valence-electron chi connectivity index (χ2n) is 8.62. The van der Waals surface area contributed by atoms with Gasteiger partial charge in [-0.1, -0.05) is 12.1 Å². The number of anilines is 1. The van der Waals surface area contributed by atoms with Crippen molar-refractivity contribution < 1.29 is 9.18 Å². The molecule has 0 aliphatic carbocycles. The normalized spacial score (nSPS) is 14.1. The zero-order valence-corrected chi connectivity index (χ0v) is 18.8. The lowest BCUT2D eigenvalue weighted by Crippen LogP contribution is -2.49. The Morgan fingerprint density at radius 2 is 1.69 bits per heavy atom. The monoisotopic (exact) mass is 467 g/mol.